The van der Waals surface area contributed by atoms with E-state index >= 15 is 0 Å². The molecule has 0 spiro atoms. The van der Waals surface area contributed by atoms with Gasteiger partial charge in [-0.05, 0) is 18.9 Å². The Balaban J connectivity index is 2.34. The van der Waals surface area contributed by atoms with Crippen molar-refractivity contribution in [3.63, 3.8) is 0 Å². The van der Waals surface area contributed by atoms with Gasteiger partial charge >= 0.3 is 0 Å². The van der Waals surface area contributed by atoms with E-state index in [1.807, 2.05) is 31.3 Å². The van der Waals surface area contributed by atoms with Gasteiger partial charge in [0.05, 0.1) is 5.52 Å². The molecule has 1 unspecified atom stereocenters. The second kappa shape index (κ2) is 4.80. The van der Waals surface area contributed by atoms with Crippen LogP contribution >= 0.6 is 0 Å². The van der Waals surface area contributed by atoms with E-state index in [9.17, 15) is 4.79 Å². The number of carbonyl (C=O) groups excluding carboxylic acids is 1. The summed E-state index contributed by atoms with van der Waals surface area (Å²) in [7, 11) is 1.83. The molecule has 1 aromatic heterocycles. The first kappa shape index (κ1) is 12.6. The average Bonchev–Trinajstić information content (AvgIpc) is 2.79. The van der Waals surface area contributed by atoms with Crippen LogP contribution in [0.2, 0.25) is 0 Å². The lowest BCUT2D eigenvalue weighted by Crippen LogP contribution is -2.38. The second-order valence-corrected chi connectivity index (χ2v) is 5.02. The van der Waals surface area contributed by atoms with Crippen LogP contribution in [0.15, 0.2) is 24.3 Å². The standard InChI is InChI=1S/C14H19N3O/c1-9(2)10(3)17(4)14(18)13-11-7-5-6-8-12(11)15-16-13/h5-10H,1-4H3,(H,15,16). The molecule has 1 atom stereocenters. The highest BCUT2D eigenvalue weighted by molar-refractivity contribution is 6.04. The molecule has 18 heavy (non-hydrogen) atoms. The molecule has 0 fully saturated rings. The zero-order chi connectivity index (χ0) is 13.3. The molecule has 1 heterocycles. The number of nitrogens with one attached hydrogen (secondary N) is 1. The Morgan fingerprint density at radius 1 is 1.28 bits per heavy atom. The Hall–Kier alpha value is -1.84. The van der Waals surface area contributed by atoms with Gasteiger partial charge in [-0.1, -0.05) is 32.0 Å². The maximum atomic E-state index is 12.4. The Labute approximate surface area is 107 Å². The summed E-state index contributed by atoms with van der Waals surface area (Å²) < 4.78 is 0. The van der Waals surface area contributed by atoms with Crippen LogP contribution in [0.4, 0.5) is 0 Å². The van der Waals surface area contributed by atoms with Crippen molar-refractivity contribution in [3.8, 4) is 0 Å². The van der Waals surface area contributed by atoms with E-state index in [2.05, 4.69) is 31.0 Å². The van der Waals surface area contributed by atoms with Crippen LogP contribution in [0.3, 0.4) is 0 Å². The summed E-state index contributed by atoms with van der Waals surface area (Å²) in [5.74, 6) is 0.387. The summed E-state index contributed by atoms with van der Waals surface area (Å²) >= 11 is 0. The van der Waals surface area contributed by atoms with Crippen LogP contribution in [0.25, 0.3) is 10.9 Å². The third-order valence-electron chi connectivity index (χ3n) is 3.57. The molecular weight excluding hydrogens is 226 g/mol. The number of aromatic nitrogens is 2. The molecule has 4 heteroatoms. The molecule has 0 radical (unpaired) electrons. The SMILES string of the molecule is CC(C)C(C)N(C)C(=O)c1n[nH]c2ccccc12. The summed E-state index contributed by atoms with van der Waals surface area (Å²) in [5.41, 5.74) is 1.40. The minimum Gasteiger partial charge on any atom is -0.337 e. The molecule has 0 aliphatic rings. The molecule has 2 aromatic rings. The number of amides is 1. The minimum atomic E-state index is -0.0337. The van der Waals surface area contributed by atoms with Crippen LogP contribution in [0.1, 0.15) is 31.3 Å². The highest BCUT2D eigenvalue weighted by atomic mass is 16.2. The van der Waals surface area contributed by atoms with E-state index in [-0.39, 0.29) is 11.9 Å². The number of rotatable bonds is 3. The van der Waals surface area contributed by atoms with Crippen LogP contribution in [0, 0.1) is 5.92 Å². The van der Waals surface area contributed by atoms with E-state index in [1.54, 1.807) is 4.90 Å². The Bertz CT molecular complexity index is 559. The first-order valence-electron chi connectivity index (χ1n) is 6.22. The lowest BCUT2D eigenvalue weighted by atomic mass is 10.0. The van der Waals surface area contributed by atoms with E-state index in [4.69, 9.17) is 0 Å². The number of hydrogen-bond donors (Lipinski definition) is 1. The molecule has 0 aliphatic carbocycles. The van der Waals surface area contributed by atoms with Gasteiger partial charge in [-0.25, -0.2) is 0 Å². The molecule has 1 aromatic carbocycles. The highest BCUT2D eigenvalue weighted by Gasteiger charge is 2.23. The van der Waals surface area contributed by atoms with Crippen LogP contribution in [-0.4, -0.2) is 34.1 Å². The fourth-order valence-electron chi connectivity index (χ4n) is 1.93. The lowest BCUT2D eigenvalue weighted by Gasteiger charge is -2.27. The number of para-hydroxylation sites is 1. The number of hydrogen-bond acceptors (Lipinski definition) is 2. The molecule has 0 bridgehead atoms. The van der Waals surface area contributed by atoms with Crippen molar-refractivity contribution >= 4 is 16.8 Å². The molecule has 1 N–H and O–H groups in total. The zero-order valence-electron chi connectivity index (χ0n) is 11.3. The van der Waals surface area contributed by atoms with Crippen molar-refractivity contribution in [2.45, 2.75) is 26.8 Å². The Morgan fingerprint density at radius 3 is 2.61 bits per heavy atom. The van der Waals surface area contributed by atoms with Gasteiger partial charge < -0.3 is 4.90 Å². The lowest BCUT2D eigenvalue weighted by molar-refractivity contribution is 0.0703. The number of fused-ring (bicyclic) bond motifs is 1. The fraction of sp³-hybridized carbons (Fsp3) is 0.429. The third kappa shape index (κ3) is 2.10. The topological polar surface area (TPSA) is 49.0 Å². The predicted molar refractivity (Wildman–Crippen MR) is 72.5 cm³/mol. The third-order valence-corrected chi connectivity index (χ3v) is 3.57. The number of aromatic amines is 1. The smallest absolute Gasteiger partial charge is 0.274 e. The van der Waals surface area contributed by atoms with Gasteiger partial charge in [-0.15, -0.1) is 0 Å². The first-order chi connectivity index (χ1) is 8.52. The van der Waals surface area contributed by atoms with Crippen molar-refractivity contribution in [3.05, 3.63) is 30.0 Å². The van der Waals surface area contributed by atoms with Gasteiger partial charge in [0.15, 0.2) is 5.69 Å². The van der Waals surface area contributed by atoms with Gasteiger partial charge in [-0.3, -0.25) is 9.89 Å². The van der Waals surface area contributed by atoms with Crippen molar-refractivity contribution in [2.75, 3.05) is 7.05 Å². The Kier molecular flexibility index (Phi) is 3.36. The molecule has 0 saturated heterocycles. The van der Waals surface area contributed by atoms with Crippen molar-refractivity contribution in [1.82, 2.24) is 15.1 Å². The zero-order valence-corrected chi connectivity index (χ0v) is 11.3. The molecule has 96 valence electrons. The maximum absolute atomic E-state index is 12.4. The van der Waals surface area contributed by atoms with Gasteiger partial charge in [0.25, 0.3) is 5.91 Å². The van der Waals surface area contributed by atoms with E-state index in [0.29, 0.717) is 11.6 Å². The molecular formula is C14H19N3O. The van der Waals surface area contributed by atoms with Crippen molar-refractivity contribution in [1.29, 1.82) is 0 Å². The maximum Gasteiger partial charge on any atom is 0.274 e. The van der Waals surface area contributed by atoms with E-state index in [1.165, 1.54) is 0 Å². The number of nitrogens with zero attached hydrogens (tertiary/aromatic N) is 2. The van der Waals surface area contributed by atoms with Gasteiger partial charge in [0.1, 0.15) is 0 Å². The monoisotopic (exact) mass is 245 g/mol. The van der Waals surface area contributed by atoms with Crippen LogP contribution < -0.4 is 0 Å². The molecule has 1 amide bonds. The van der Waals surface area contributed by atoms with Gasteiger partial charge in [-0.2, -0.15) is 5.10 Å². The van der Waals surface area contributed by atoms with Gasteiger partial charge in [0, 0.05) is 18.5 Å². The number of carbonyl (C=O) groups is 1. The summed E-state index contributed by atoms with van der Waals surface area (Å²) in [6, 6.07) is 7.87. The molecule has 4 nitrogen and oxygen atoms in total. The quantitative estimate of drug-likeness (QED) is 0.903. The highest BCUT2D eigenvalue weighted by Crippen LogP contribution is 2.18. The number of benzene rings is 1. The fourth-order valence-corrected chi connectivity index (χ4v) is 1.93. The van der Waals surface area contributed by atoms with E-state index < -0.39 is 0 Å². The van der Waals surface area contributed by atoms with Gasteiger partial charge in [0.2, 0.25) is 0 Å². The van der Waals surface area contributed by atoms with Crippen molar-refractivity contribution in [2.24, 2.45) is 5.92 Å². The Morgan fingerprint density at radius 2 is 1.94 bits per heavy atom. The van der Waals surface area contributed by atoms with Crippen LogP contribution in [-0.2, 0) is 0 Å². The summed E-state index contributed by atoms with van der Waals surface area (Å²) in [6.45, 7) is 6.27. The van der Waals surface area contributed by atoms with E-state index in [0.717, 1.165) is 10.9 Å². The second-order valence-electron chi connectivity index (χ2n) is 5.02. The predicted octanol–water partition coefficient (Wildman–Crippen LogP) is 2.68. The molecule has 0 aliphatic heterocycles. The largest absolute Gasteiger partial charge is 0.337 e. The summed E-state index contributed by atoms with van der Waals surface area (Å²) in [4.78, 5) is 14.2. The minimum absolute atomic E-state index is 0.0337. The average molecular weight is 245 g/mol. The normalized spacial score (nSPS) is 12.9. The van der Waals surface area contributed by atoms with Crippen molar-refractivity contribution < 1.29 is 4.79 Å². The number of H-pyrrole nitrogens is 1. The summed E-state index contributed by atoms with van der Waals surface area (Å²) in [5, 5.41) is 7.92. The van der Waals surface area contributed by atoms with Crippen LogP contribution in [0.5, 0.6) is 0 Å². The molecule has 0 saturated carbocycles. The first-order valence-corrected chi connectivity index (χ1v) is 6.22. The molecule has 2 rings (SSSR count). The summed E-state index contributed by atoms with van der Waals surface area (Å²) in [6.07, 6.45) is 0.